The maximum absolute atomic E-state index is 11.7. The van der Waals surface area contributed by atoms with Gasteiger partial charge >= 0.3 is 0 Å². The summed E-state index contributed by atoms with van der Waals surface area (Å²) in [5, 5.41) is 15.8. The van der Waals surface area contributed by atoms with Gasteiger partial charge in [0.25, 0.3) is 11.1 Å². The minimum atomic E-state index is -0.229. The Morgan fingerprint density at radius 1 is 0.346 bits per heavy atom. The monoisotopic (exact) mass is 1730 g/mol. The number of H-pyrrole nitrogens is 9. The van der Waals surface area contributed by atoms with E-state index in [1.807, 2.05) is 116 Å². The van der Waals surface area contributed by atoms with Crippen molar-refractivity contribution < 1.29 is 18.9 Å². The van der Waals surface area contributed by atoms with Crippen LogP contribution in [0.1, 0.15) is 94.9 Å². The fourth-order valence-corrected chi connectivity index (χ4v) is 12.2. The summed E-state index contributed by atoms with van der Waals surface area (Å²) >= 11 is 0. The fraction of sp³-hybridized carbons (Fsp3) is 0.289. The third-order valence-electron chi connectivity index (χ3n) is 18.6. The second kappa shape index (κ2) is 47.3. The van der Waals surface area contributed by atoms with Crippen LogP contribution in [0.15, 0.2) is 175 Å². The molecule has 0 bridgehead atoms. The third kappa shape index (κ3) is 27.2. The average Bonchev–Trinajstić information content (AvgIpc) is 1.71. The molecule has 0 spiro atoms. The van der Waals surface area contributed by atoms with Crippen LogP contribution in [-0.2, 0) is 35.6 Å². The van der Waals surface area contributed by atoms with E-state index in [9.17, 15) is 9.59 Å². The maximum Gasteiger partial charge on any atom is 0.278 e. The van der Waals surface area contributed by atoms with Crippen LogP contribution in [-0.4, -0.2) is 192 Å². The van der Waals surface area contributed by atoms with E-state index in [1.54, 1.807) is 25.3 Å². The van der Waals surface area contributed by atoms with Crippen LogP contribution in [0.5, 0.6) is 11.8 Å². The lowest BCUT2D eigenvalue weighted by Gasteiger charge is -2.14. The van der Waals surface area contributed by atoms with Gasteiger partial charge in [-0.05, 0) is 60.8 Å². The number of rotatable bonds is 33. The summed E-state index contributed by atoms with van der Waals surface area (Å²) in [6, 6.07) is 40.1. The van der Waals surface area contributed by atoms with Gasteiger partial charge in [0.1, 0.15) is 40.8 Å². The molecule has 127 heavy (non-hydrogen) atoms. The lowest BCUT2D eigenvalue weighted by atomic mass is 10.0. The predicted octanol–water partition coefficient (Wildman–Crippen LogP) is 10.1. The van der Waals surface area contributed by atoms with E-state index >= 15 is 0 Å². The molecule has 1 unspecified atom stereocenters. The van der Waals surface area contributed by atoms with Gasteiger partial charge in [0.15, 0.2) is 68.0 Å². The van der Waals surface area contributed by atoms with Crippen LogP contribution in [0.25, 0.3) is 78.1 Å². The zero-order chi connectivity index (χ0) is 88.7. The molecule has 0 saturated heterocycles. The van der Waals surface area contributed by atoms with Crippen molar-refractivity contribution in [3.63, 3.8) is 0 Å². The molecule has 0 saturated carbocycles. The summed E-state index contributed by atoms with van der Waals surface area (Å²) < 4.78 is 22.2. The summed E-state index contributed by atoms with van der Waals surface area (Å²) in [5.74, 6) is 5.37. The van der Waals surface area contributed by atoms with Gasteiger partial charge in [0.2, 0.25) is 53.4 Å². The SMILES string of the molecule is CCCCC(CC)COCCOc1nc(N)nc2nc[nH]c12.CCCCNc1nc2nc[nH]c2c(=O)[nH]1.CCOCCCNc1nc(N)nc2nc[nH]c12.Nc1nc(NCCc2ccccc2)c2[nH]cnc2n1.Nc1nc(NCc2ccccc2)c2[nH]cnc2n1.Nc1nc(OCc2ccccc2)c2[nH]cnc2n1.O=c1[nH]c(NCc2ccccc2)nc2nc[nH]c12. The molecule has 0 fully saturated rings. The fourth-order valence-electron chi connectivity index (χ4n) is 12.2. The third-order valence-corrected chi connectivity index (χ3v) is 18.6. The molecule has 0 radical (unpaired) electrons. The van der Waals surface area contributed by atoms with Gasteiger partial charge in [-0.25, -0.2) is 34.9 Å². The van der Waals surface area contributed by atoms with Gasteiger partial charge in [-0.15, -0.1) is 0 Å². The quantitative estimate of drug-likeness (QED) is 0.0170. The molecule has 0 amide bonds. The van der Waals surface area contributed by atoms with E-state index in [-0.39, 0.29) is 40.9 Å². The van der Waals surface area contributed by atoms with Crippen molar-refractivity contribution in [2.75, 3.05) is 108 Å². The molecule has 1 atom stereocenters. The number of nitrogens with zero attached hydrogens (tertiary/aromatic N) is 19. The van der Waals surface area contributed by atoms with Crippen LogP contribution in [0.4, 0.5) is 59.1 Å². The Kier molecular flexibility index (Phi) is 33.6. The molecule has 44 nitrogen and oxygen atoms in total. The molecular formula is C83H102N38O6. The first-order valence-electron chi connectivity index (χ1n) is 41.1. The molecule has 4 aromatic carbocycles. The van der Waals surface area contributed by atoms with E-state index < -0.39 is 0 Å². The van der Waals surface area contributed by atoms with Gasteiger partial charge in [0, 0.05) is 52.5 Å². The highest BCUT2D eigenvalue weighted by molar-refractivity contribution is 5.85. The van der Waals surface area contributed by atoms with E-state index in [2.05, 4.69) is 199 Å². The van der Waals surface area contributed by atoms with Crippen molar-refractivity contribution in [2.45, 2.75) is 98.8 Å². The lowest BCUT2D eigenvalue weighted by molar-refractivity contribution is 0.0692. The highest BCUT2D eigenvalue weighted by atomic mass is 16.5. The zero-order valence-electron chi connectivity index (χ0n) is 70.4. The maximum atomic E-state index is 11.7. The number of unbranched alkanes of at least 4 members (excludes halogenated alkanes) is 2. The Bertz CT molecular complexity index is 6320. The molecule has 0 aliphatic carbocycles. The van der Waals surface area contributed by atoms with E-state index in [0.29, 0.717) is 142 Å². The molecule has 18 rings (SSSR count). The number of fused-ring (bicyclic) bond motifs is 7. The number of benzene rings is 4. The standard InChI is InChI=1S/C15H25N5O2.C13H14N6.C12H12N6.2C12H11N5O.C10H16N6O.C9H13N5O/c1-3-5-6-11(4-2)9-21-7-8-22-14-12-13(18-10-17-12)19-15(16)20-14;14-13-18-11(10-12(19-13)17-8-16-10)15-7-6-9-4-2-1-3-5-9;13-12-17-10(9-11(18-12)16-7-15-9)14-6-8-4-2-1-3-5-8;13-12-16-10-9(14-7-15-10)11(17-12)18-6-8-4-2-1-3-5-8;18-11-9-10(15-7-14-9)16-12(17-11)13-6-8-4-2-1-3-5-8;1-2-17-5-3-4-12-8-7-9(14-6-13-7)16-10(11)15-8;1-2-3-4-10-9-13-7-6(8(15)14-9)11-5-12-7/h10-11H,3-9H2,1-2H3,(H3,16,17,18,19,20);1-5,8H,6-7H2,(H4,14,15,16,17,18,19);1-5,7H,6H2,(H4,13,14,15,16,17,18);1-5,7H,6H2,(H3,13,14,15,16,17);1-5,7H,6H2,(H3,13,14,15,16,17,18);6H,2-5H2,1H3,(H4,11,12,13,14,15,16);5H,2-4H2,1H3,(H3,10,11,12,13,14,15). The summed E-state index contributed by atoms with van der Waals surface area (Å²) in [6.45, 7) is 15.7. The van der Waals surface area contributed by atoms with Crippen molar-refractivity contribution in [1.29, 1.82) is 0 Å². The molecule has 0 aliphatic rings. The topological polar surface area (TPSA) is 648 Å². The number of hydrogen-bond donors (Lipinski definition) is 19. The lowest BCUT2D eigenvalue weighted by Crippen LogP contribution is -2.14. The van der Waals surface area contributed by atoms with E-state index in [1.165, 1.54) is 49.4 Å². The van der Waals surface area contributed by atoms with Crippen LogP contribution >= 0.6 is 0 Å². The number of hydrogen-bond acceptors (Lipinski definition) is 35. The number of ether oxygens (including phenoxy) is 4. The molecule has 660 valence electrons. The number of aromatic nitrogens is 28. The first-order chi connectivity index (χ1) is 62.2. The van der Waals surface area contributed by atoms with Crippen molar-refractivity contribution in [1.82, 2.24) is 140 Å². The summed E-state index contributed by atoms with van der Waals surface area (Å²) in [4.78, 5) is 126. The summed E-state index contributed by atoms with van der Waals surface area (Å²) in [7, 11) is 0. The highest BCUT2D eigenvalue weighted by Crippen LogP contribution is 2.25. The molecule has 14 aromatic heterocycles. The first kappa shape index (κ1) is 90.1. The van der Waals surface area contributed by atoms with Crippen molar-refractivity contribution in [2.24, 2.45) is 5.92 Å². The average molecular weight is 1730 g/mol. The number of nitrogens with two attached hydrogens (primary N) is 5. The second-order valence-electron chi connectivity index (χ2n) is 27.8. The number of imidazole rings is 7. The zero-order valence-corrected chi connectivity index (χ0v) is 70.4. The molecule has 0 aliphatic heterocycles. The number of anilines is 10. The number of nitrogen functional groups attached to an aromatic ring is 5. The predicted molar refractivity (Wildman–Crippen MR) is 489 cm³/mol. The van der Waals surface area contributed by atoms with Crippen molar-refractivity contribution >= 4 is 137 Å². The van der Waals surface area contributed by atoms with Gasteiger partial charge < -0.3 is 109 Å². The van der Waals surface area contributed by atoms with Crippen LogP contribution in [0.2, 0.25) is 0 Å². The molecule has 44 heteroatoms. The van der Waals surface area contributed by atoms with E-state index in [4.69, 9.17) is 47.6 Å². The van der Waals surface area contributed by atoms with Gasteiger partial charge in [-0.2, -0.15) is 59.8 Å². The Morgan fingerprint density at radius 3 is 1.18 bits per heavy atom. The van der Waals surface area contributed by atoms with Crippen LogP contribution in [0.3, 0.4) is 0 Å². The van der Waals surface area contributed by atoms with Crippen molar-refractivity contribution in [3.8, 4) is 11.8 Å². The smallest absolute Gasteiger partial charge is 0.278 e. The Labute approximate surface area is 725 Å². The first-order valence-corrected chi connectivity index (χ1v) is 41.1. The Hall–Kier alpha value is -16.2. The Balaban J connectivity index is 0.000000135. The largest absolute Gasteiger partial charge is 0.474 e. The second-order valence-corrected chi connectivity index (χ2v) is 27.8. The Morgan fingerprint density at radius 2 is 0.724 bits per heavy atom. The normalized spacial score (nSPS) is 11.1. The summed E-state index contributed by atoms with van der Waals surface area (Å²) in [5.41, 5.74) is 40.3. The van der Waals surface area contributed by atoms with Crippen LogP contribution < -0.4 is 75.8 Å². The minimum absolute atomic E-state index is 0.151. The molecule has 24 N–H and O–H groups in total. The van der Waals surface area contributed by atoms with Gasteiger partial charge in [0.05, 0.1) is 50.9 Å². The molecular weight excluding hydrogens is 1630 g/mol. The highest BCUT2D eigenvalue weighted by Gasteiger charge is 2.16. The minimum Gasteiger partial charge on any atom is -0.474 e. The summed E-state index contributed by atoms with van der Waals surface area (Å²) in [6.07, 6.45) is 19.6. The van der Waals surface area contributed by atoms with Gasteiger partial charge in [-0.3, -0.25) is 19.6 Å². The molecule has 14 heterocycles. The number of nitrogens with one attached hydrogen (secondary N) is 14. The molecule has 18 aromatic rings. The van der Waals surface area contributed by atoms with E-state index in [0.717, 1.165) is 99.2 Å². The van der Waals surface area contributed by atoms with Gasteiger partial charge in [-0.1, -0.05) is 168 Å². The van der Waals surface area contributed by atoms with Crippen LogP contribution in [0, 0.1) is 5.92 Å². The van der Waals surface area contributed by atoms with Crippen molar-refractivity contribution in [3.05, 3.63) is 209 Å². The number of aromatic amines is 9.